The summed E-state index contributed by atoms with van der Waals surface area (Å²) in [4.78, 5) is 4.25. The van der Waals surface area contributed by atoms with Crippen LogP contribution in [0.25, 0.3) is 11.0 Å². The van der Waals surface area contributed by atoms with Gasteiger partial charge in [0.25, 0.3) is 0 Å². The fourth-order valence-corrected chi connectivity index (χ4v) is 2.20. The van der Waals surface area contributed by atoms with E-state index in [-0.39, 0.29) is 5.82 Å². The SMILES string of the molecule is Cc1nc2c(F)c(C#C[Si](C)(C)C)ccc2n1C. The van der Waals surface area contributed by atoms with Gasteiger partial charge in [0.05, 0.1) is 11.1 Å². The molecule has 0 N–H and O–H groups in total. The number of benzene rings is 1. The number of aryl methyl sites for hydroxylation is 2. The largest absolute Gasteiger partial charge is 0.331 e. The number of imidazole rings is 1. The number of nitrogens with zero attached hydrogens (tertiary/aromatic N) is 2. The summed E-state index contributed by atoms with van der Waals surface area (Å²) in [5.41, 5.74) is 4.85. The molecule has 0 saturated heterocycles. The standard InChI is InChI=1S/C14H17FN2Si/c1-10-16-14-12(17(10)2)7-6-11(13(14)15)8-9-18(3,4)5/h6-7H,1-5H3. The Labute approximate surface area is 108 Å². The molecule has 4 heteroatoms. The summed E-state index contributed by atoms with van der Waals surface area (Å²) in [6.45, 7) is 8.29. The van der Waals surface area contributed by atoms with E-state index in [1.165, 1.54) is 0 Å². The third-order valence-corrected chi connectivity index (χ3v) is 3.66. The van der Waals surface area contributed by atoms with E-state index in [2.05, 4.69) is 36.1 Å². The Kier molecular flexibility index (Phi) is 3.03. The van der Waals surface area contributed by atoms with Crippen molar-refractivity contribution in [3.63, 3.8) is 0 Å². The van der Waals surface area contributed by atoms with Crippen LogP contribution in [0.5, 0.6) is 0 Å². The predicted molar refractivity (Wildman–Crippen MR) is 75.6 cm³/mol. The summed E-state index contributed by atoms with van der Waals surface area (Å²) in [7, 11) is 0.397. The molecule has 2 aromatic rings. The van der Waals surface area contributed by atoms with Crippen LogP contribution >= 0.6 is 0 Å². The molecule has 0 saturated carbocycles. The van der Waals surface area contributed by atoms with Crippen LogP contribution in [-0.2, 0) is 7.05 Å². The van der Waals surface area contributed by atoms with Crippen molar-refractivity contribution in [2.45, 2.75) is 26.6 Å². The number of aromatic nitrogens is 2. The van der Waals surface area contributed by atoms with E-state index >= 15 is 0 Å². The van der Waals surface area contributed by atoms with E-state index in [1.54, 1.807) is 6.07 Å². The van der Waals surface area contributed by atoms with Crippen LogP contribution in [0.1, 0.15) is 11.4 Å². The smallest absolute Gasteiger partial charge is 0.166 e. The van der Waals surface area contributed by atoms with Gasteiger partial charge in [0.2, 0.25) is 0 Å². The van der Waals surface area contributed by atoms with Crippen molar-refractivity contribution < 1.29 is 4.39 Å². The minimum Gasteiger partial charge on any atom is -0.331 e. The van der Waals surface area contributed by atoms with E-state index in [0.717, 1.165) is 11.3 Å². The van der Waals surface area contributed by atoms with E-state index < -0.39 is 8.07 Å². The Morgan fingerprint density at radius 2 is 1.94 bits per heavy atom. The molecule has 1 aromatic heterocycles. The van der Waals surface area contributed by atoms with Gasteiger partial charge in [-0.25, -0.2) is 9.37 Å². The Morgan fingerprint density at radius 3 is 2.56 bits per heavy atom. The molecule has 0 unspecified atom stereocenters. The van der Waals surface area contributed by atoms with Gasteiger partial charge in [-0.1, -0.05) is 25.6 Å². The van der Waals surface area contributed by atoms with E-state index in [9.17, 15) is 4.39 Å². The summed E-state index contributed by atoms with van der Waals surface area (Å²) in [6, 6.07) is 3.62. The molecular formula is C14H17FN2Si. The van der Waals surface area contributed by atoms with Crippen molar-refractivity contribution in [3.05, 3.63) is 29.3 Å². The van der Waals surface area contributed by atoms with Crippen LogP contribution in [0.3, 0.4) is 0 Å². The molecule has 1 heterocycles. The summed E-state index contributed by atoms with van der Waals surface area (Å²) in [5.74, 6) is 3.46. The molecule has 1 aromatic carbocycles. The zero-order chi connectivity index (χ0) is 13.5. The average molecular weight is 260 g/mol. The highest BCUT2D eigenvalue weighted by molar-refractivity contribution is 6.83. The second-order valence-electron chi connectivity index (χ2n) is 5.51. The minimum absolute atomic E-state index is 0.304. The van der Waals surface area contributed by atoms with Crippen molar-refractivity contribution in [2.24, 2.45) is 7.05 Å². The summed E-state index contributed by atoms with van der Waals surface area (Å²) in [5, 5.41) is 0. The van der Waals surface area contributed by atoms with Crippen LogP contribution in [0, 0.1) is 24.2 Å². The number of halogens is 1. The van der Waals surface area contributed by atoms with Crippen molar-refractivity contribution in [1.82, 2.24) is 9.55 Å². The molecule has 0 atom stereocenters. The van der Waals surface area contributed by atoms with Gasteiger partial charge in [-0.2, -0.15) is 0 Å². The maximum atomic E-state index is 14.3. The first-order valence-electron chi connectivity index (χ1n) is 5.94. The lowest BCUT2D eigenvalue weighted by Crippen LogP contribution is -2.16. The topological polar surface area (TPSA) is 17.8 Å². The van der Waals surface area contributed by atoms with E-state index in [4.69, 9.17) is 0 Å². The first kappa shape index (κ1) is 12.8. The van der Waals surface area contributed by atoms with Gasteiger partial charge in [-0.15, -0.1) is 5.54 Å². The molecule has 0 bridgehead atoms. The van der Waals surface area contributed by atoms with E-state index in [1.807, 2.05) is 24.6 Å². The Balaban J connectivity index is 2.61. The molecule has 0 amide bonds. The van der Waals surface area contributed by atoms with Crippen molar-refractivity contribution in [1.29, 1.82) is 0 Å². The quantitative estimate of drug-likeness (QED) is 0.525. The van der Waals surface area contributed by atoms with Gasteiger partial charge < -0.3 is 4.57 Å². The normalized spacial score (nSPS) is 11.4. The van der Waals surface area contributed by atoms with Crippen LogP contribution in [-0.4, -0.2) is 17.6 Å². The maximum absolute atomic E-state index is 14.3. The molecule has 0 fully saturated rings. The monoisotopic (exact) mass is 260 g/mol. The van der Waals surface area contributed by atoms with Gasteiger partial charge >= 0.3 is 0 Å². The Bertz CT molecular complexity index is 669. The molecule has 0 aliphatic rings. The third-order valence-electron chi connectivity index (χ3n) is 2.79. The lowest BCUT2D eigenvalue weighted by Gasteiger charge is -2.04. The molecule has 2 nitrogen and oxygen atoms in total. The fraction of sp³-hybridized carbons (Fsp3) is 0.357. The van der Waals surface area contributed by atoms with E-state index in [0.29, 0.717) is 11.1 Å². The Morgan fingerprint density at radius 1 is 1.28 bits per heavy atom. The number of fused-ring (bicyclic) bond motifs is 1. The van der Waals surface area contributed by atoms with Gasteiger partial charge in [-0.05, 0) is 19.1 Å². The van der Waals surface area contributed by atoms with Gasteiger partial charge in [0.15, 0.2) is 5.82 Å². The number of rotatable bonds is 0. The van der Waals surface area contributed by atoms with Crippen LogP contribution in [0.2, 0.25) is 19.6 Å². The van der Waals surface area contributed by atoms with Crippen LogP contribution in [0.15, 0.2) is 12.1 Å². The average Bonchev–Trinajstić information content (AvgIpc) is 2.55. The molecule has 0 aliphatic carbocycles. The molecule has 0 spiro atoms. The highest BCUT2D eigenvalue weighted by Crippen LogP contribution is 2.20. The zero-order valence-electron chi connectivity index (χ0n) is 11.4. The van der Waals surface area contributed by atoms with Crippen LogP contribution in [0.4, 0.5) is 4.39 Å². The van der Waals surface area contributed by atoms with Gasteiger partial charge in [0, 0.05) is 7.05 Å². The fourth-order valence-electron chi connectivity index (χ4n) is 1.69. The molecule has 18 heavy (non-hydrogen) atoms. The highest BCUT2D eigenvalue weighted by atomic mass is 28.3. The minimum atomic E-state index is -1.49. The van der Waals surface area contributed by atoms with Crippen LogP contribution < -0.4 is 0 Å². The summed E-state index contributed by atoms with van der Waals surface area (Å²) >= 11 is 0. The third kappa shape index (κ3) is 2.32. The lowest BCUT2D eigenvalue weighted by molar-refractivity contribution is 0.634. The van der Waals surface area contributed by atoms with Gasteiger partial charge in [-0.3, -0.25) is 0 Å². The van der Waals surface area contributed by atoms with Crippen molar-refractivity contribution >= 4 is 19.1 Å². The molecule has 0 radical (unpaired) electrons. The maximum Gasteiger partial charge on any atom is 0.166 e. The first-order valence-corrected chi connectivity index (χ1v) is 9.44. The second-order valence-corrected chi connectivity index (χ2v) is 10.3. The highest BCUT2D eigenvalue weighted by Gasteiger charge is 2.13. The summed E-state index contributed by atoms with van der Waals surface area (Å²) in [6.07, 6.45) is 0. The van der Waals surface area contributed by atoms with Crippen molar-refractivity contribution in [3.8, 4) is 11.5 Å². The van der Waals surface area contributed by atoms with Gasteiger partial charge in [0.1, 0.15) is 19.4 Å². The first-order chi connectivity index (χ1) is 8.29. The molecule has 94 valence electrons. The second kappa shape index (κ2) is 4.25. The molecular weight excluding hydrogens is 243 g/mol. The number of hydrogen-bond acceptors (Lipinski definition) is 1. The zero-order valence-corrected chi connectivity index (χ0v) is 12.4. The number of hydrogen-bond donors (Lipinski definition) is 0. The summed E-state index contributed by atoms with van der Waals surface area (Å²) < 4.78 is 16.2. The molecule has 0 aliphatic heterocycles. The lowest BCUT2D eigenvalue weighted by atomic mass is 10.2. The van der Waals surface area contributed by atoms with Crippen molar-refractivity contribution in [2.75, 3.05) is 0 Å². The molecule has 2 rings (SSSR count). The Hall–Kier alpha value is -1.60. The predicted octanol–water partition coefficient (Wildman–Crippen LogP) is 3.25.